The lowest BCUT2D eigenvalue weighted by atomic mass is 9.89. The maximum absolute atomic E-state index is 13.2. The van der Waals surface area contributed by atoms with E-state index in [1.54, 1.807) is 57.6 Å². The minimum atomic E-state index is -3.72. The van der Waals surface area contributed by atoms with Crippen LogP contribution in [0.15, 0.2) is 52.2 Å². The number of benzene rings is 2. The number of fused-ring (bicyclic) bond motifs is 1. The number of Topliss-reactive ketones (excluding diaryl/α,β-unsaturated/α-hetero) is 1. The summed E-state index contributed by atoms with van der Waals surface area (Å²) in [5.41, 5.74) is 1.65. The minimum Gasteiger partial charge on any atom is -0.497 e. The normalized spacial score (nSPS) is 16.0. The zero-order chi connectivity index (χ0) is 22.3. The van der Waals surface area contributed by atoms with Gasteiger partial charge in [0.25, 0.3) is 0 Å². The zero-order valence-electron chi connectivity index (χ0n) is 17.7. The van der Waals surface area contributed by atoms with Crippen molar-refractivity contribution in [2.45, 2.75) is 17.7 Å². The third kappa shape index (κ3) is 3.68. The molecule has 2 heterocycles. The Hall–Kier alpha value is -2.91. The summed E-state index contributed by atoms with van der Waals surface area (Å²) >= 11 is 0. The van der Waals surface area contributed by atoms with Crippen molar-refractivity contribution in [3.8, 4) is 5.75 Å². The molecule has 164 valence electrons. The largest absolute Gasteiger partial charge is 0.497 e. The van der Waals surface area contributed by atoms with Gasteiger partial charge in [0.05, 0.1) is 23.0 Å². The van der Waals surface area contributed by atoms with E-state index in [0.29, 0.717) is 35.2 Å². The van der Waals surface area contributed by atoms with Crippen LogP contribution in [-0.4, -0.2) is 47.8 Å². The standard InChI is InChI=1S/C22H25N3O5S/c1-23-19-9-8-18(14-20(19)24(2)22(23)27)31(28,29)25-12-10-16(11-13-25)21(26)15-4-6-17(30-3)7-5-15/h4-9,14,16H,10-13H2,1-3H3. The van der Waals surface area contributed by atoms with Gasteiger partial charge in [0, 0.05) is 38.7 Å². The molecule has 1 aromatic heterocycles. The fraction of sp³-hybridized carbons (Fsp3) is 0.364. The number of carbonyl (C=O) groups is 1. The van der Waals surface area contributed by atoms with Gasteiger partial charge >= 0.3 is 5.69 Å². The molecule has 0 saturated carbocycles. The number of methoxy groups -OCH3 is 1. The Morgan fingerprint density at radius 1 is 0.968 bits per heavy atom. The van der Waals surface area contributed by atoms with Crippen LogP contribution >= 0.6 is 0 Å². The molecule has 3 aromatic rings. The molecule has 9 heteroatoms. The van der Waals surface area contributed by atoms with Gasteiger partial charge in [-0.05, 0) is 55.3 Å². The zero-order valence-corrected chi connectivity index (χ0v) is 18.6. The second-order valence-corrected chi connectivity index (χ2v) is 9.76. The lowest BCUT2D eigenvalue weighted by molar-refractivity contribution is 0.0875. The van der Waals surface area contributed by atoms with Crippen LogP contribution in [-0.2, 0) is 24.1 Å². The summed E-state index contributed by atoms with van der Waals surface area (Å²) in [6.07, 6.45) is 0.937. The fourth-order valence-electron chi connectivity index (χ4n) is 4.15. The number of imidazole rings is 1. The van der Waals surface area contributed by atoms with Gasteiger partial charge < -0.3 is 4.74 Å². The molecule has 4 rings (SSSR count). The van der Waals surface area contributed by atoms with E-state index in [9.17, 15) is 18.0 Å². The molecule has 1 saturated heterocycles. The van der Waals surface area contributed by atoms with Crippen molar-refractivity contribution >= 4 is 26.8 Å². The number of aromatic nitrogens is 2. The van der Waals surface area contributed by atoms with Crippen molar-refractivity contribution in [1.29, 1.82) is 0 Å². The van der Waals surface area contributed by atoms with Crippen LogP contribution in [0.5, 0.6) is 5.75 Å². The first-order valence-electron chi connectivity index (χ1n) is 10.1. The molecule has 1 aliphatic heterocycles. The van der Waals surface area contributed by atoms with Crippen molar-refractivity contribution in [1.82, 2.24) is 13.4 Å². The summed E-state index contributed by atoms with van der Waals surface area (Å²) in [6.45, 7) is 0.557. The topological polar surface area (TPSA) is 90.6 Å². The van der Waals surface area contributed by atoms with Crippen molar-refractivity contribution in [2.75, 3.05) is 20.2 Å². The van der Waals surface area contributed by atoms with E-state index in [0.717, 1.165) is 0 Å². The van der Waals surface area contributed by atoms with Gasteiger partial charge in [-0.15, -0.1) is 0 Å². The van der Waals surface area contributed by atoms with E-state index in [1.165, 1.54) is 19.5 Å². The third-order valence-electron chi connectivity index (χ3n) is 6.08. The van der Waals surface area contributed by atoms with Gasteiger partial charge in [-0.2, -0.15) is 4.31 Å². The molecule has 0 atom stereocenters. The first-order chi connectivity index (χ1) is 14.7. The van der Waals surface area contributed by atoms with E-state index >= 15 is 0 Å². The van der Waals surface area contributed by atoms with Gasteiger partial charge in [-0.25, -0.2) is 13.2 Å². The second kappa shape index (κ2) is 7.97. The maximum Gasteiger partial charge on any atom is 0.328 e. The molecule has 8 nitrogen and oxygen atoms in total. The molecule has 0 aliphatic carbocycles. The number of aryl methyl sites for hydroxylation is 2. The lowest BCUT2D eigenvalue weighted by Crippen LogP contribution is -2.40. The van der Waals surface area contributed by atoms with Crippen LogP contribution < -0.4 is 10.4 Å². The first kappa shape index (κ1) is 21.3. The van der Waals surface area contributed by atoms with E-state index in [-0.39, 0.29) is 35.4 Å². The summed E-state index contributed by atoms with van der Waals surface area (Å²) in [5.74, 6) is 0.503. The molecule has 0 bridgehead atoms. The maximum atomic E-state index is 13.2. The highest BCUT2D eigenvalue weighted by Crippen LogP contribution is 2.28. The highest BCUT2D eigenvalue weighted by molar-refractivity contribution is 7.89. The van der Waals surface area contributed by atoms with Crippen molar-refractivity contribution in [2.24, 2.45) is 20.0 Å². The number of nitrogens with zero attached hydrogens (tertiary/aromatic N) is 3. The van der Waals surface area contributed by atoms with E-state index < -0.39 is 10.0 Å². The monoisotopic (exact) mass is 443 g/mol. The van der Waals surface area contributed by atoms with Crippen molar-refractivity contribution < 1.29 is 17.9 Å². The van der Waals surface area contributed by atoms with Gasteiger partial charge in [-0.1, -0.05) is 0 Å². The Labute approximate surface area is 180 Å². The molecule has 0 radical (unpaired) electrons. The molecule has 31 heavy (non-hydrogen) atoms. The number of ether oxygens (including phenoxy) is 1. The summed E-state index contributed by atoms with van der Waals surface area (Å²) in [4.78, 5) is 25.1. The van der Waals surface area contributed by atoms with Crippen LogP contribution in [0.25, 0.3) is 11.0 Å². The Morgan fingerprint density at radius 2 is 1.58 bits per heavy atom. The number of ketones is 1. The third-order valence-corrected chi connectivity index (χ3v) is 7.98. The Balaban J connectivity index is 1.51. The summed E-state index contributed by atoms with van der Waals surface area (Å²) in [5, 5.41) is 0. The van der Waals surface area contributed by atoms with E-state index in [4.69, 9.17) is 4.74 Å². The summed E-state index contributed by atoms with van der Waals surface area (Å²) in [6, 6.07) is 11.7. The Kier molecular flexibility index (Phi) is 5.49. The molecule has 1 aliphatic rings. The highest BCUT2D eigenvalue weighted by atomic mass is 32.2. The number of hydrogen-bond donors (Lipinski definition) is 0. The van der Waals surface area contributed by atoms with Crippen molar-refractivity contribution in [3.63, 3.8) is 0 Å². The predicted molar refractivity (Wildman–Crippen MR) is 117 cm³/mol. The molecule has 0 unspecified atom stereocenters. The number of carbonyl (C=O) groups excluding carboxylic acids is 1. The Morgan fingerprint density at radius 3 is 2.19 bits per heavy atom. The average Bonchev–Trinajstić information content (AvgIpc) is 3.02. The van der Waals surface area contributed by atoms with E-state index in [2.05, 4.69) is 0 Å². The minimum absolute atomic E-state index is 0.0282. The molecule has 0 amide bonds. The fourth-order valence-corrected chi connectivity index (χ4v) is 5.64. The van der Waals surface area contributed by atoms with Gasteiger partial charge in [-0.3, -0.25) is 13.9 Å². The highest BCUT2D eigenvalue weighted by Gasteiger charge is 2.32. The smallest absolute Gasteiger partial charge is 0.328 e. The predicted octanol–water partition coefficient (Wildman–Crippen LogP) is 2.17. The molecule has 0 N–H and O–H groups in total. The van der Waals surface area contributed by atoms with Gasteiger partial charge in [0.2, 0.25) is 10.0 Å². The molecule has 0 spiro atoms. The van der Waals surface area contributed by atoms with Crippen LogP contribution in [0.2, 0.25) is 0 Å². The SMILES string of the molecule is COc1ccc(C(=O)C2CCN(S(=O)(=O)c3ccc4c(c3)n(C)c(=O)n4C)CC2)cc1. The quantitative estimate of drug-likeness (QED) is 0.564. The second-order valence-electron chi connectivity index (χ2n) is 7.82. The van der Waals surface area contributed by atoms with Crippen LogP contribution in [0, 0.1) is 5.92 Å². The summed E-state index contributed by atoms with van der Waals surface area (Å²) in [7, 11) is 1.13. The lowest BCUT2D eigenvalue weighted by Gasteiger charge is -2.30. The van der Waals surface area contributed by atoms with Crippen LogP contribution in [0.1, 0.15) is 23.2 Å². The van der Waals surface area contributed by atoms with Gasteiger partial charge in [0.15, 0.2) is 5.78 Å². The molecular formula is C22H25N3O5S. The van der Waals surface area contributed by atoms with Crippen LogP contribution in [0.3, 0.4) is 0 Å². The first-order valence-corrected chi connectivity index (χ1v) is 11.5. The molecule has 2 aromatic carbocycles. The number of piperidine rings is 1. The summed E-state index contributed by atoms with van der Waals surface area (Å²) < 4.78 is 35.8. The molecular weight excluding hydrogens is 418 g/mol. The Bertz CT molecular complexity index is 1300. The average molecular weight is 444 g/mol. The number of rotatable bonds is 5. The number of sulfonamides is 1. The molecule has 1 fully saturated rings. The number of hydrogen-bond acceptors (Lipinski definition) is 5. The van der Waals surface area contributed by atoms with Crippen molar-refractivity contribution in [3.05, 3.63) is 58.5 Å². The van der Waals surface area contributed by atoms with Crippen LogP contribution in [0.4, 0.5) is 0 Å². The van der Waals surface area contributed by atoms with E-state index in [1.807, 2.05) is 0 Å². The van der Waals surface area contributed by atoms with Gasteiger partial charge in [0.1, 0.15) is 5.75 Å².